The van der Waals surface area contributed by atoms with Crippen molar-refractivity contribution in [3.63, 3.8) is 0 Å². The molecule has 0 spiro atoms. The van der Waals surface area contributed by atoms with Crippen LogP contribution < -0.4 is 21.5 Å². The molecular weight excluding hydrogens is 298 g/mol. The fourth-order valence-electron chi connectivity index (χ4n) is 1.90. The first kappa shape index (κ1) is 18.8. The van der Waals surface area contributed by atoms with Gasteiger partial charge in [0.15, 0.2) is 0 Å². The third-order valence-electron chi connectivity index (χ3n) is 3.38. The SMILES string of the molecule is CC(C)C(NC(=O)c1cc(OC[C@@H](C)CO)ccc1N)C(N)=O. The van der Waals surface area contributed by atoms with Gasteiger partial charge in [-0.25, -0.2) is 0 Å². The van der Waals surface area contributed by atoms with Crippen LogP contribution in [0.4, 0.5) is 5.69 Å². The van der Waals surface area contributed by atoms with Crippen LogP contribution in [0.25, 0.3) is 0 Å². The van der Waals surface area contributed by atoms with Gasteiger partial charge in [0, 0.05) is 18.2 Å². The molecule has 2 atom stereocenters. The first-order valence-electron chi connectivity index (χ1n) is 7.49. The molecule has 6 N–H and O–H groups in total. The number of carbonyl (C=O) groups is 2. The number of rotatable bonds is 8. The van der Waals surface area contributed by atoms with E-state index in [-0.39, 0.29) is 29.7 Å². The van der Waals surface area contributed by atoms with Crippen molar-refractivity contribution in [2.75, 3.05) is 18.9 Å². The molecule has 128 valence electrons. The first-order chi connectivity index (χ1) is 10.8. The van der Waals surface area contributed by atoms with Crippen LogP contribution in [0.1, 0.15) is 31.1 Å². The van der Waals surface area contributed by atoms with Crippen LogP contribution in [0.15, 0.2) is 18.2 Å². The molecule has 0 bridgehead atoms. The van der Waals surface area contributed by atoms with E-state index in [1.54, 1.807) is 26.0 Å². The van der Waals surface area contributed by atoms with E-state index in [9.17, 15) is 9.59 Å². The summed E-state index contributed by atoms with van der Waals surface area (Å²) in [6, 6.07) is 3.93. The molecule has 1 aromatic rings. The number of carbonyl (C=O) groups excluding carboxylic acids is 2. The molecule has 1 rings (SSSR count). The van der Waals surface area contributed by atoms with Gasteiger partial charge in [-0.2, -0.15) is 0 Å². The maximum absolute atomic E-state index is 12.3. The molecule has 0 aromatic heterocycles. The lowest BCUT2D eigenvalue weighted by Crippen LogP contribution is -2.47. The zero-order chi connectivity index (χ0) is 17.6. The number of aliphatic hydroxyl groups is 1. The van der Waals surface area contributed by atoms with Crippen LogP contribution in [0.2, 0.25) is 0 Å². The van der Waals surface area contributed by atoms with Gasteiger partial charge in [0.05, 0.1) is 12.2 Å². The standard InChI is InChI=1S/C16H25N3O4/c1-9(2)14(15(18)21)19-16(22)12-6-11(4-5-13(12)17)23-8-10(3)7-20/h4-6,9-10,14,20H,7-8,17H2,1-3H3,(H2,18,21)(H,19,22)/t10-,14?/m0/s1. The Hall–Kier alpha value is -2.28. The van der Waals surface area contributed by atoms with E-state index >= 15 is 0 Å². The zero-order valence-electron chi connectivity index (χ0n) is 13.7. The number of benzene rings is 1. The van der Waals surface area contributed by atoms with Gasteiger partial charge < -0.3 is 26.6 Å². The molecule has 0 aliphatic heterocycles. The van der Waals surface area contributed by atoms with Gasteiger partial charge in [-0.05, 0) is 24.1 Å². The molecule has 23 heavy (non-hydrogen) atoms. The van der Waals surface area contributed by atoms with E-state index in [1.807, 2.05) is 6.92 Å². The number of anilines is 1. The molecule has 0 aliphatic carbocycles. The molecule has 0 saturated heterocycles. The van der Waals surface area contributed by atoms with E-state index < -0.39 is 17.9 Å². The Morgan fingerprint density at radius 3 is 2.48 bits per heavy atom. The summed E-state index contributed by atoms with van der Waals surface area (Å²) in [5.74, 6) is -0.783. The van der Waals surface area contributed by atoms with Gasteiger partial charge in [-0.15, -0.1) is 0 Å². The smallest absolute Gasteiger partial charge is 0.254 e. The fourth-order valence-corrected chi connectivity index (χ4v) is 1.90. The maximum atomic E-state index is 12.3. The van der Waals surface area contributed by atoms with Crippen molar-refractivity contribution in [2.45, 2.75) is 26.8 Å². The molecule has 1 aromatic carbocycles. The van der Waals surface area contributed by atoms with Gasteiger partial charge in [0.2, 0.25) is 5.91 Å². The summed E-state index contributed by atoms with van der Waals surface area (Å²) in [6.45, 7) is 5.74. The normalized spacial score (nSPS) is 13.4. The maximum Gasteiger partial charge on any atom is 0.254 e. The summed E-state index contributed by atoms with van der Waals surface area (Å²) in [6.07, 6.45) is 0. The van der Waals surface area contributed by atoms with Gasteiger partial charge in [0.1, 0.15) is 11.8 Å². The van der Waals surface area contributed by atoms with Crippen molar-refractivity contribution in [1.82, 2.24) is 5.32 Å². The number of hydrogen-bond acceptors (Lipinski definition) is 5. The van der Waals surface area contributed by atoms with Crippen molar-refractivity contribution in [2.24, 2.45) is 17.6 Å². The Kier molecular flexibility index (Phi) is 6.84. The molecule has 0 aliphatic rings. The predicted octanol–water partition coefficient (Wildman–Crippen LogP) is 0.516. The van der Waals surface area contributed by atoms with Gasteiger partial charge in [-0.1, -0.05) is 20.8 Å². The fraction of sp³-hybridized carbons (Fsp3) is 0.500. The third-order valence-corrected chi connectivity index (χ3v) is 3.38. The summed E-state index contributed by atoms with van der Waals surface area (Å²) in [5, 5.41) is 11.6. The van der Waals surface area contributed by atoms with E-state index in [0.29, 0.717) is 12.4 Å². The largest absolute Gasteiger partial charge is 0.493 e. The van der Waals surface area contributed by atoms with Gasteiger partial charge in [0.25, 0.3) is 5.91 Å². The number of hydrogen-bond donors (Lipinski definition) is 4. The Balaban J connectivity index is 2.89. The van der Waals surface area contributed by atoms with Gasteiger partial charge >= 0.3 is 0 Å². The topological polar surface area (TPSA) is 128 Å². The highest BCUT2D eigenvalue weighted by atomic mass is 16.5. The van der Waals surface area contributed by atoms with Crippen molar-refractivity contribution >= 4 is 17.5 Å². The first-order valence-corrected chi connectivity index (χ1v) is 7.49. The number of aliphatic hydroxyl groups excluding tert-OH is 1. The second-order valence-electron chi connectivity index (χ2n) is 5.95. The summed E-state index contributed by atoms with van der Waals surface area (Å²) >= 11 is 0. The summed E-state index contributed by atoms with van der Waals surface area (Å²) < 4.78 is 5.52. The summed E-state index contributed by atoms with van der Waals surface area (Å²) in [4.78, 5) is 23.7. The molecule has 0 saturated carbocycles. The second-order valence-corrected chi connectivity index (χ2v) is 5.95. The zero-order valence-corrected chi connectivity index (χ0v) is 13.7. The molecule has 7 nitrogen and oxygen atoms in total. The van der Waals surface area contributed by atoms with Crippen molar-refractivity contribution in [1.29, 1.82) is 0 Å². The number of ether oxygens (including phenoxy) is 1. The van der Waals surface area contributed by atoms with E-state index in [1.165, 1.54) is 6.07 Å². The van der Waals surface area contributed by atoms with Crippen LogP contribution in [0, 0.1) is 11.8 Å². The minimum Gasteiger partial charge on any atom is -0.493 e. The molecule has 2 amide bonds. The van der Waals surface area contributed by atoms with Crippen LogP contribution in [0.3, 0.4) is 0 Å². The molecule has 0 fully saturated rings. The van der Waals surface area contributed by atoms with E-state index in [4.69, 9.17) is 21.3 Å². The Morgan fingerprint density at radius 1 is 1.30 bits per heavy atom. The highest BCUT2D eigenvalue weighted by Crippen LogP contribution is 2.21. The monoisotopic (exact) mass is 323 g/mol. The number of nitrogens with two attached hydrogens (primary N) is 2. The average molecular weight is 323 g/mol. The Morgan fingerprint density at radius 2 is 1.96 bits per heavy atom. The quantitative estimate of drug-likeness (QED) is 0.518. The highest BCUT2D eigenvalue weighted by molar-refractivity contribution is 6.01. The Labute approximate surface area is 136 Å². The minimum atomic E-state index is -0.777. The van der Waals surface area contributed by atoms with Crippen LogP contribution in [0.5, 0.6) is 5.75 Å². The lowest BCUT2D eigenvalue weighted by molar-refractivity contribution is -0.120. The molecule has 0 radical (unpaired) electrons. The summed E-state index contributed by atoms with van der Waals surface area (Å²) in [7, 11) is 0. The predicted molar refractivity (Wildman–Crippen MR) is 87.9 cm³/mol. The van der Waals surface area contributed by atoms with E-state index in [2.05, 4.69) is 5.32 Å². The number of nitrogens with one attached hydrogen (secondary N) is 1. The van der Waals surface area contributed by atoms with Crippen LogP contribution in [-0.2, 0) is 4.79 Å². The minimum absolute atomic E-state index is 0.0109. The average Bonchev–Trinajstić information content (AvgIpc) is 2.50. The van der Waals surface area contributed by atoms with Crippen molar-refractivity contribution < 1.29 is 19.4 Å². The third kappa shape index (κ3) is 5.45. The molecular formula is C16H25N3O4. The van der Waals surface area contributed by atoms with Crippen LogP contribution in [-0.4, -0.2) is 36.2 Å². The van der Waals surface area contributed by atoms with Crippen LogP contribution >= 0.6 is 0 Å². The van der Waals surface area contributed by atoms with Crippen molar-refractivity contribution in [3.05, 3.63) is 23.8 Å². The molecule has 7 heteroatoms. The lowest BCUT2D eigenvalue weighted by Gasteiger charge is -2.19. The molecule has 1 unspecified atom stereocenters. The second kappa shape index (κ2) is 8.38. The summed E-state index contributed by atoms with van der Waals surface area (Å²) in [5.41, 5.74) is 11.6. The number of nitrogen functional groups attached to an aromatic ring is 1. The van der Waals surface area contributed by atoms with E-state index in [0.717, 1.165) is 0 Å². The van der Waals surface area contributed by atoms with Gasteiger partial charge in [-0.3, -0.25) is 9.59 Å². The number of primary amides is 1. The van der Waals surface area contributed by atoms with Crippen molar-refractivity contribution in [3.8, 4) is 5.75 Å². The highest BCUT2D eigenvalue weighted by Gasteiger charge is 2.23. The lowest BCUT2D eigenvalue weighted by atomic mass is 10.0. The number of amides is 2. The molecule has 0 heterocycles. The Bertz CT molecular complexity index is 560.